The molecular weight excluding hydrogens is 168 g/mol. The van der Waals surface area contributed by atoms with Gasteiger partial charge in [0.05, 0.1) is 0 Å². The smallest absolute Gasteiger partial charge is 0.101 e. The maximum Gasteiger partial charge on any atom is 0.101 e. The van der Waals surface area contributed by atoms with Crippen LogP contribution in [-0.4, -0.2) is 10.9 Å². The van der Waals surface area contributed by atoms with E-state index >= 15 is 0 Å². The highest BCUT2D eigenvalue weighted by molar-refractivity contribution is 9.09. The van der Waals surface area contributed by atoms with E-state index in [0.717, 1.165) is 5.33 Å². The van der Waals surface area contributed by atoms with Crippen molar-refractivity contribution in [3.63, 3.8) is 0 Å². The van der Waals surface area contributed by atoms with E-state index in [1.165, 1.54) is 0 Å². The maximum atomic E-state index is 11.0. The lowest BCUT2D eigenvalue weighted by Crippen LogP contribution is -2.27. The second-order valence-electron chi connectivity index (χ2n) is 2.66. The first kappa shape index (κ1) is 8.44. The fourth-order valence-corrected chi connectivity index (χ4v) is 0.965. The lowest BCUT2D eigenvalue weighted by Gasteiger charge is -2.20. The molecule has 0 saturated heterocycles. The number of hydrogen-bond donors (Lipinski definition) is 0. The van der Waals surface area contributed by atoms with E-state index < -0.39 is 5.60 Å². The molecule has 1 radical (unpaired) electrons. The van der Waals surface area contributed by atoms with Crippen molar-refractivity contribution in [3.05, 3.63) is 0 Å². The molecular formula is C6H12BrO. The molecule has 0 aromatic rings. The second-order valence-corrected chi connectivity index (χ2v) is 3.31. The third-order valence-electron chi connectivity index (χ3n) is 1.42. The Kier molecular flexibility index (Phi) is 2.99. The highest BCUT2D eigenvalue weighted by Crippen LogP contribution is 2.17. The lowest BCUT2D eigenvalue weighted by atomic mass is 9.95. The van der Waals surface area contributed by atoms with Crippen molar-refractivity contribution in [1.29, 1.82) is 0 Å². The average molecular weight is 180 g/mol. The number of hydrogen-bond acceptors (Lipinski definition) is 0. The van der Waals surface area contributed by atoms with Crippen LogP contribution in [-0.2, 0) is 5.11 Å². The molecule has 0 rings (SSSR count). The summed E-state index contributed by atoms with van der Waals surface area (Å²) in [5.41, 5.74) is -0.788. The van der Waals surface area contributed by atoms with E-state index in [0.29, 0.717) is 0 Å². The summed E-state index contributed by atoms with van der Waals surface area (Å²) in [4.78, 5) is 0. The number of halogens is 1. The molecule has 0 aromatic carbocycles. The summed E-state index contributed by atoms with van der Waals surface area (Å²) in [5, 5.41) is 11.8. The van der Waals surface area contributed by atoms with E-state index in [9.17, 15) is 5.11 Å². The molecule has 0 aliphatic rings. The Morgan fingerprint density at radius 2 is 2.00 bits per heavy atom. The first-order chi connectivity index (χ1) is 3.48. The van der Waals surface area contributed by atoms with Gasteiger partial charge in [-0.3, -0.25) is 0 Å². The van der Waals surface area contributed by atoms with E-state index in [-0.39, 0.29) is 5.92 Å². The molecule has 0 spiro atoms. The van der Waals surface area contributed by atoms with E-state index in [1.807, 2.05) is 6.92 Å². The van der Waals surface area contributed by atoms with Gasteiger partial charge in [-0.15, -0.1) is 0 Å². The van der Waals surface area contributed by atoms with Gasteiger partial charge in [0.25, 0.3) is 0 Å². The minimum atomic E-state index is -0.788. The first-order valence-corrected chi connectivity index (χ1v) is 3.87. The summed E-state index contributed by atoms with van der Waals surface area (Å²) in [6.07, 6.45) is 0. The SMILES string of the molecule is CC(CBr)C(C)(C)[O]. The van der Waals surface area contributed by atoms with Gasteiger partial charge in [0.2, 0.25) is 0 Å². The first-order valence-electron chi connectivity index (χ1n) is 2.75. The summed E-state index contributed by atoms with van der Waals surface area (Å²) in [5.74, 6) is 0.211. The van der Waals surface area contributed by atoms with Crippen molar-refractivity contribution in [1.82, 2.24) is 0 Å². The molecule has 0 N–H and O–H groups in total. The summed E-state index contributed by atoms with van der Waals surface area (Å²) < 4.78 is 0. The van der Waals surface area contributed by atoms with Gasteiger partial charge in [-0.1, -0.05) is 22.9 Å². The Bertz CT molecular complexity index is 65.4. The molecule has 1 atom stereocenters. The molecule has 0 aliphatic heterocycles. The van der Waals surface area contributed by atoms with Gasteiger partial charge in [-0.25, -0.2) is 5.11 Å². The van der Waals surface area contributed by atoms with Crippen LogP contribution >= 0.6 is 15.9 Å². The second kappa shape index (κ2) is 2.83. The molecule has 0 fully saturated rings. The van der Waals surface area contributed by atoms with Crippen LogP contribution in [0.4, 0.5) is 0 Å². The maximum absolute atomic E-state index is 11.0. The Labute approximate surface area is 59.2 Å². The molecule has 0 amide bonds. The predicted octanol–water partition coefficient (Wildman–Crippen LogP) is 2.23. The van der Waals surface area contributed by atoms with E-state index in [1.54, 1.807) is 13.8 Å². The number of rotatable bonds is 2. The molecule has 0 saturated carbocycles. The summed E-state index contributed by atoms with van der Waals surface area (Å²) >= 11 is 3.25. The molecule has 2 heteroatoms. The van der Waals surface area contributed by atoms with Crippen molar-refractivity contribution >= 4 is 15.9 Å². The van der Waals surface area contributed by atoms with Crippen LogP contribution in [0.3, 0.4) is 0 Å². The van der Waals surface area contributed by atoms with Gasteiger partial charge in [-0.2, -0.15) is 0 Å². The van der Waals surface area contributed by atoms with Gasteiger partial charge in [0, 0.05) is 5.33 Å². The Hall–Kier alpha value is 0.440. The fraction of sp³-hybridized carbons (Fsp3) is 1.00. The van der Waals surface area contributed by atoms with Crippen molar-refractivity contribution < 1.29 is 5.11 Å². The Morgan fingerprint density at radius 3 is 2.00 bits per heavy atom. The van der Waals surface area contributed by atoms with E-state index in [4.69, 9.17) is 0 Å². The highest BCUT2D eigenvalue weighted by Gasteiger charge is 2.22. The summed E-state index contributed by atoms with van der Waals surface area (Å²) in [6, 6.07) is 0. The molecule has 0 aromatic heterocycles. The van der Waals surface area contributed by atoms with Crippen molar-refractivity contribution in [2.75, 3.05) is 5.33 Å². The van der Waals surface area contributed by atoms with E-state index in [2.05, 4.69) is 15.9 Å². The standard InChI is InChI=1S/C6H12BrO/c1-5(4-7)6(2,3)8/h5H,4H2,1-3H3. The van der Waals surface area contributed by atoms with Crippen molar-refractivity contribution in [2.24, 2.45) is 5.92 Å². The van der Waals surface area contributed by atoms with Crippen LogP contribution in [0.2, 0.25) is 0 Å². The van der Waals surface area contributed by atoms with Crippen LogP contribution in [0, 0.1) is 5.92 Å². The molecule has 0 bridgehead atoms. The monoisotopic (exact) mass is 179 g/mol. The highest BCUT2D eigenvalue weighted by atomic mass is 79.9. The quantitative estimate of drug-likeness (QED) is 0.580. The van der Waals surface area contributed by atoms with Gasteiger partial charge in [0.15, 0.2) is 0 Å². The van der Waals surface area contributed by atoms with Gasteiger partial charge in [0.1, 0.15) is 5.60 Å². The zero-order valence-electron chi connectivity index (χ0n) is 5.57. The zero-order valence-corrected chi connectivity index (χ0v) is 7.16. The zero-order chi connectivity index (χ0) is 6.78. The van der Waals surface area contributed by atoms with Gasteiger partial charge in [-0.05, 0) is 19.8 Å². The van der Waals surface area contributed by atoms with Crippen LogP contribution in [0.25, 0.3) is 0 Å². The molecule has 1 nitrogen and oxygen atoms in total. The van der Waals surface area contributed by atoms with Crippen LogP contribution in [0.15, 0.2) is 0 Å². The summed E-state index contributed by atoms with van der Waals surface area (Å²) in [7, 11) is 0. The third-order valence-corrected chi connectivity index (χ3v) is 2.39. The van der Waals surface area contributed by atoms with Gasteiger partial charge < -0.3 is 0 Å². The topological polar surface area (TPSA) is 19.9 Å². The molecule has 8 heavy (non-hydrogen) atoms. The fourth-order valence-electron chi connectivity index (χ4n) is 0.186. The Balaban J connectivity index is 3.62. The average Bonchev–Trinajstić information content (AvgIpc) is 1.62. The van der Waals surface area contributed by atoms with Crippen molar-refractivity contribution in [3.8, 4) is 0 Å². The minimum absolute atomic E-state index is 0.211. The van der Waals surface area contributed by atoms with Crippen LogP contribution in [0.5, 0.6) is 0 Å². The minimum Gasteiger partial charge on any atom is -0.230 e. The summed E-state index contributed by atoms with van der Waals surface area (Å²) in [6.45, 7) is 5.36. The third kappa shape index (κ3) is 2.68. The normalized spacial score (nSPS) is 16.1. The Morgan fingerprint density at radius 1 is 1.62 bits per heavy atom. The molecule has 1 unspecified atom stereocenters. The predicted molar refractivity (Wildman–Crippen MR) is 37.7 cm³/mol. The largest absolute Gasteiger partial charge is 0.230 e. The van der Waals surface area contributed by atoms with Crippen LogP contribution < -0.4 is 0 Å². The van der Waals surface area contributed by atoms with Crippen molar-refractivity contribution in [2.45, 2.75) is 26.4 Å². The molecule has 49 valence electrons. The molecule has 0 heterocycles. The number of alkyl halides is 1. The molecule has 0 aliphatic carbocycles. The van der Waals surface area contributed by atoms with Crippen LogP contribution in [0.1, 0.15) is 20.8 Å². The van der Waals surface area contributed by atoms with Gasteiger partial charge >= 0.3 is 0 Å². The lowest BCUT2D eigenvalue weighted by molar-refractivity contribution is -0.0328.